The van der Waals surface area contributed by atoms with Crippen LogP contribution in [0.3, 0.4) is 0 Å². The van der Waals surface area contributed by atoms with Crippen LogP contribution < -0.4 is 0 Å². The second-order valence-corrected chi connectivity index (χ2v) is 11.0. The van der Waals surface area contributed by atoms with Gasteiger partial charge in [-0.05, 0) is 36.4 Å². The van der Waals surface area contributed by atoms with Crippen LogP contribution in [0, 0.1) is 0 Å². The quantitative estimate of drug-likeness (QED) is 0.554. The van der Waals surface area contributed by atoms with Gasteiger partial charge in [-0.15, -0.1) is 11.3 Å². The average Bonchev–Trinajstić information content (AvgIpc) is 3.48. The summed E-state index contributed by atoms with van der Waals surface area (Å²) in [4.78, 5) is 23.0. The predicted octanol–water partition coefficient (Wildman–Crippen LogP) is 2.39. The Morgan fingerprint density at radius 3 is 2.61 bits per heavy atom. The maximum Gasteiger partial charge on any atom is 0.258 e. The van der Waals surface area contributed by atoms with Crippen LogP contribution in [0.4, 0.5) is 0 Å². The van der Waals surface area contributed by atoms with Gasteiger partial charge in [-0.3, -0.25) is 9.78 Å². The van der Waals surface area contributed by atoms with E-state index in [1.807, 2.05) is 12.1 Å². The van der Waals surface area contributed by atoms with Gasteiger partial charge in [0, 0.05) is 43.5 Å². The van der Waals surface area contributed by atoms with Crippen molar-refractivity contribution in [2.24, 2.45) is 0 Å². The lowest BCUT2D eigenvalue weighted by Crippen LogP contribution is -2.47. The first-order valence-electron chi connectivity index (χ1n) is 9.82. The standard InChI is InChI=1S/C20H23N5O4S2/c1-20(19-22-18(29-23-19)15-5-9-21-10-6-15)7-11-25(12-8-20)16(26)14-24(2)31(27,28)17-4-3-13-30-17/h3-6,9-10,13H,7-8,11-12,14H2,1-2H3. The zero-order valence-electron chi connectivity index (χ0n) is 17.3. The van der Waals surface area contributed by atoms with Gasteiger partial charge < -0.3 is 9.42 Å². The normalized spacial score (nSPS) is 16.5. The number of thiophene rings is 1. The van der Waals surface area contributed by atoms with E-state index >= 15 is 0 Å². The molecule has 3 aromatic rings. The fourth-order valence-electron chi connectivity index (χ4n) is 3.49. The molecule has 9 nitrogen and oxygen atoms in total. The van der Waals surface area contributed by atoms with Crippen molar-refractivity contribution in [3.8, 4) is 11.5 Å². The molecule has 0 aromatic carbocycles. The van der Waals surface area contributed by atoms with Crippen molar-refractivity contribution in [3.05, 3.63) is 47.9 Å². The summed E-state index contributed by atoms with van der Waals surface area (Å²) >= 11 is 1.14. The second-order valence-electron chi connectivity index (χ2n) is 7.79. The van der Waals surface area contributed by atoms with Gasteiger partial charge in [-0.25, -0.2) is 8.42 Å². The molecule has 1 aliphatic rings. The first kappa shape index (κ1) is 21.6. The fraction of sp³-hybridized carbons (Fsp3) is 0.400. The highest BCUT2D eigenvalue weighted by Gasteiger charge is 2.38. The van der Waals surface area contributed by atoms with E-state index in [0.717, 1.165) is 21.2 Å². The number of nitrogens with zero attached hydrogens (tertiary/aromatic N) is 5. The Bertz CT molecular complexity index is 1140. The molecule has 0 unspecified atom stereocenters. The predicted molar refractivity (Wildman–Crippen MR) is 115 cm³/mol. The second kappa shape index (κ2) is 8.48. The molecule has 0 saturated carbocycles. The summed E-state index contributed by atoms with van der Waals surface area (Å²) in [6, 6.07) is 6.83. The van der Waals surface area contributed by atoms with E-state index in [1.54, 1.807) is 34.8 Å². The summed E-state index contributed by atoms with van der Waals surface area (Å²) in [5.74, 6) is 0.844. The van der Waals surface area contributed by atoms with Gasteiger partial charge in [0.05, 0.1) is 6.54 Å². The molecule has 0 atom stereocenters. The lowest BCUT2D eigenvalue weighted by molar-refractivity contribution is -0.132. The van der Waals surface area contributed by atoms with Crippen molar-refractivity contribution in [2.45, 2.75) is 29.4 Å². The van der Waals surface area contributed by atoms with Crippen LogP contribution in [0.5, 0.6) is 0 Å². The molecule has 0 radical (unpaired) electrons. The third kappa shape index (κ3) is 4.39. The Balaban J connectivity index is 1.38. The van der Waals surface area contributed by atoms with Crippen LogP contribution in [0.25, 0.3) is 11.5 Å². The van der Waals surface area contributed by atoms with E-state index in [0.29, 0.717) is 37.6 Å². The monoisotopic (exact) mass is 461 g/mol. The van der Waals surface area contributed by atoms with Gasteiger partial charge in [0.15, 0.2) is 5.82 Å². The third-order valence-corrected chi connectivity index (χ3v) is 8.81. The number of likely N-dealkylation sites (N-methyl/N-ethyl adjacent to an activating group) is 1. The molecule has 1 amide bonds. The van der Waals surface area contributed by atoms with Crippen LogP contribution in [0.1, 0.15) is 25.6 Å². The highest BCUT2D eigenvalue weighted by molar-refractivity contribution is 7.91. The Labute approximate surface area is 184 Å². The van der Waals surface area contributed by atoms with Crippen LogP contribution in [-0.2, 0) is 20.2 Å². The van der Waals surface area contributed by atoms with Crippen molar-refractivity contribution in [1.29, 1.82) is 0 Å². The maximum atomic E-state index is 12.7. The van der Waals surface area contributed by atoms with Crippen molar-refractivity contribution in [3.63, 3.8) is 0 Å². The molecule has 0 bridgehead atoms. The van der Waals surface area contributed by atoms with Crippen molar-refractivity contribution < 1.29 is 17.7 Å². The number of piperidine rings is 1. The summed E-state index contributed by atoms with van der Waals surface area (Å²) in [5, 5.41) is 5.87. The molecular weight excluding hydrogens is 438 g/mol. The highest BCUT2D eigenvalue weighted by atomic mass is 32.2. The summed E-state index contributed by atoms with van der Waals surface area (Å²) in [6.07, 6.45) is 4.66. The van der Waals surface area contributed by atoms with E-state index in [-0.39, 0.29) is 22.1 Å². The molecule has 164 valence electrons. The molecule has 0 aliphatic carbocycles. The Hall–Kier alpha value is -2.63. The number of carbonyl (C=O) groups is 1. The van der Waals surface area contributed by atoms with Gasteiger partial charge in [0.1, 0.15) is 4.21 Å². The van der Waals surface area contributed by atoms with Crippen LogP contribution in [0.2, 0.25) is 0 Å². The molecule has 1 aliphatic heterocycles. The van der Waals surface area contributed by atoms with E-state index in [2.05, 4.69) is 22.0 Å². The number of pyridine rings is 1. The Morgan fingerprint density at radius 1 is 1.26 bits per heavy atom. The minimum absolute atomic E-state index is 0.189. The molecule has 3 aromatic heterocycles. The van der Waals surface area contributed by atoms with Gasteiger partial charge >= 0.3 is 0 Å². The molecular formula is C20H23N5O4S2. The van der Waals surface area contributed by atoms with E-state index < -0.39 is 10.0 Å². The van der Waals surface area contributed by atoms with Gasteiger partial charge in [0.25, 0.3) is 15.9 Å². The minimum atomic E-state index is -3.65. The van der Waals surface area contributed by atoms with Crippen LogP contribution >= 0.6 is 11.3 Å². The molecule has 0 N–H and O–H groups in total. The number of hydrogen-bond donors (Lipinski definition) is 0. The number of sulfonamides is 1. The smallest absolute Gasteiger partial charge is 0.258 e. The summed E-state index contributed by atoms with van der Waals surface area (Å²) in [6.45, 7) is 2.87. The summed E-state index contributed by atoms with van der Waals surface area (Å²) < 4.78 is 31.9. The Kier molecular flexibility index (Phi) is 5.91. The van der Waals surface area contributed by atoms with Crippen molar-refractivity contribution in [2.75, 3.05) is 26.7 Å². The molecule has 31 heavy (non-hydrogen) atoms. The zero-order chi connectivity index (χ0) is 22.1. The molecule has 0 spiro atoms. The SMILES string of the molecule is CN(CC(=O)N1CCC(C)(c2noc(-c3ccncc3)n2)CC1)S(=O)(=O)c1cccs1. The minimum Gasteiger partial charge on any atom is -0.341 e. The summed E-state index contributed by atoms with van der Waals surface area (Å²) in [5.41, 5.74) is 0.487. The number of rotatable bonds is 6. The fourth-order valence-corrected chi connectivity index (χ4v) is 5.81. The van der Waals surface area contributed by atoms with Gasteiger partial charge in [-0.2, -0.15) is 9.29 Å². The number of carbonyl (C=O) groups excluding carboxylic acids is 1. The molecule has 4 rings (SSSR count). The van der Waals surface area contributed by atoms with Crippen LogP contribution in [-0.4, -0.2) is 65.3 Å². The van der Waals surface area contributed by atoms with Crippen molar-refractivity contribution >= 4 is 27.3 Å². The zero-order valence-corrected chi connectivity index (χ0v) is 18.9. The largest absolute Gasteiger partial charge is 0.341 e. The third-order valence-electron chi connectivity index (χ3n) is 5.63. The number of hydrogen-bond acceptors (Lipinski definition) is 8. The summed E-state index contributed by atoms with van der Waals surface area (Å²) in [7, 11) is -2.22. The topological polar surface area (TPSA) is 110 Å². The van der Waals surface area contributed by atoms with Crippen molar-refractivity contribution in [1.82, 2.24) is 24.3 Å². The lowest BCUT2D eigenvalue weighted by atomic mass is 9.79. The molecule has 11 heteroatoms. The van der Waals surface area contributed by atoms with Crippen LogP contribution in [0.15, 0.2) is 50.8 Å². The number of aromatic nitrogens is 3. The molecule has 1 fully saturated rings. The van der Waals surface area contributed by atoms with Gasteiger partial charge in [-0.1, -0.05) is 18.1 Å². The van der Waals surface area contributed by atoms with E-state index in [1.165, 1.54) is 7.05 Å². The number of amides is 1. The Morgan fingerprint density at radius 2 is 1.97 bits per heavy atom. The number of likely N-dealkylation sites (tertiary alicyclic amines) is 1. The molecule has 4 heterocycles. The highest BCUT2D eigenvalue weighted by Crippen LogP contribution is 2.34. The van der Waals surface area contributed by atoms with Gasteiger partial charge in [0.2, 0.25) is 5.91 Å². The lowest BCUT2D eigenvalue weighted by Gasteiger charge is -2.37. The average molecular weight is 462 g/mol. The first-order chi connectivity index (χ1) is 14.8. The van der Waals surface area contributed by atoms with E-state index in [9.17, 15) is 13.2 Å². The van der Waals surface area contributed by atoms with E-state index in [4.69, 9.17) is 4.52 Å². The molecule has 1 saturated heterocycles. The maximum absolute atomic E-state index is 12.7. The first-order valence-corrected chi connectivity index (χ1v) is 12.1.